The van der Waals surface area contributed by atoms with E-state index in [0.717, 1.165) is 28.4 Å². The van der Waals surface area contributed by atoms with Gasteiger partial charge in [0.25, 0.3) is 0 Å². The smallest absolute Gasteiger partial charge is 0.357 e. The predicted molar refractivity (Wildman–Crippen MR) is 198 cm³/mol. The Kier molecular flexibility index (Phi) is 11.0. The minimum atomic E-state index is -1.92. The molecule has 6 rings (SSSR count). The molecular weight excluding hydrogens is 724 g/mol. The molecule has 0 saturated carbocycles. The Labute approximate surface area is 322 Å². The molecule has 0 fully saturated rings. The topological polar surface area (TPSA) is 184 Å². The Balaban J connectivity index is 1.81. The van der Waals surface area contributed by atoms with Gasteiger partial charge in [-0.2, -0.15) is 0 Å². The van der Waals surface area contributed by atoms with E-state index in [1.807, 2.05) is 0 Å². The van der Waals surface area contributed by atoms with Gasteiger partial charge in [0.2, 0.25) is 0 Å². The minimum Gasteiger partial charge on any atom is -0.468 e. The maximum absolute atomic E-state index is 14.0. The van der Waals surface area contributed by atoms with Gasteiger partial charge in [-0.3, -0.25) is 19.2 Å². The van der Waals surface area contributed by atoms with Gasteiger partial charge in [0.15, 0.2) is 22.2 Å². The number of carbonyl (C=O) groups is 6. The maximum atomic E-state index is 14.0. The molecule has 2 aromatic heterocycles. The number of methoxy groups -OCH3 is 4. The molecule has 4 aromatic rings. The first-order chi connectivity index (χ1) is 27.0. The molecule has 290 valence electrons. The number of hydrogen-bond acceptors (Lipinski definition) is 14. The zero-order chi connectivity index (χ0) is 40.4. The van der Waals surface area contributed by atoms with Crippen LogP contribution in [0, 0.1) is 10.8 Å². The molecular formula is C42H40N2O12. The number of ether oxygens (including phenoxy) is 6. The lowest BCUT2D eigenvalue weighted by atomic mass is 9.83. The van der Waals surface area contributed by atoms with Crippen molar-refractivity contribution in [2.45, 2.75) is 39.5 Å². The number of esters is 6. The lowest BCUT2D eigenvalue weighted by Gasteiger charge is -2.22. The SMILES string of the molecule is CCOC(=O)c1nc(-c2nc(C(=O)OCC)c(-c3ccccc3)c3c2CC(C(=O)OC)(C(=O)OC)C3)c2c(c1-c1ccccc1)CC(C(=O)OC)(C(=O)OC)C2. The van der Waals surface area contributed by atoms with Crippen LogP contribution in [-0.2, 0) is 73.3 Å². The van der Waals surface area contributed by atoms with E-state index in [2.05, 4.69) is 0 Å². The maximum Gasteiger partial charge on any atom is 0.357 e. The van der Waals surface area contributed by atoms with Gasteiger partial charge in [-0.05, 0) is 47.2 Å². The van der Waals surface area contributed by atoms with E-state index in [9.17, 15) is 28.8 Å². The fourth-order valence-electron chi connectivity index (χ4n) is 7.89. The van der Waals surface area contributed by atoms with Crippen molar-refractivity contribution in [1.82, 2.24) is 9.97 Å². The number of nitrogens with zero attached hydrogens (tertiary/aromatic N) is 2. The number of rotatable bonds is 11. The molecule has 2 aromatic carbocycles. The largest absolute Gasteiger partial charge is 0.468 e. The van der Waals surface area contributed by atoms with Crippen LogP contribution in [0.2, 0.25) is 0 Å². The van der Waals surface area contributed by atoms with Crippen LogP contribution in [0.25, 0.3) is 33.6 Å². The molecule has 56 heavy (non-hydrogen) atoms. The van der Waals surface area contributed by atoms with Crippen molar-refractivity contribution >= 4 is 35.8 Å². The second-order valence-corrected chi connectivity index (χ2v) is 13.3. The third-order valence-corrected chi connectivity index (χ3v) is 10.3. The number of fused-ring (bicyclic) bond motifs is 2. The molecule has 2 heterocycles. The van der Waals surface area contributed by atoms with Crippen LogP contribution in [0.4, 0.5) is 0 Å². The highest BCUT2D eigenvalue weighted by atomic mass is 16.6. The summed E-state index contributed by atoms with van der Waals surface area (Å²) in [5, 5.41) is 0. The molecule has 14 heteroatoms. The second-order valence-electron chi connectivity index (χ2n) is 13.3. The molecule has 0 spiro atoms. The zero-order valence-corrected chi connectivity index (χ0v) is 31.8. The predicted octanol–water partition coefficient (Wildman–Crippen LogP) is 4.69. The molecule has 2 aliphatic rings. The first-order valence-corrected chi connectivity index (χ1v) is 17.9. The number of pyridine rings is 2. The Morgan fingerprint density at radius 2 is 0.804 bits per heavy atom. The van der Waals surface area contributed by atoms with Gasteiger partial charge >= 0.3 is 35.8 Å². The average molecular weight is 765 g/mol. The van der Waals surface area contributed by atoms with E-state index >= 15 is 0 Å². The summed E-state index contributed by atoms with van der Waals surface area (Å²) >= 11 is 0. The van der Waals surface area contributed by atoms with E-state index in [1.54, 1.807) is 74.5 Å². The fourth-order valence-corrected chi connectivity index (χ4v) is 7.89. The molecule has 0 amide bonds. The van der Waals surface area contributed by atoms with Gasteiger partial charge in [0.1, 0.15) is 0 Å². The highest BCUT2D eigenvalue weighted by Crippen LogP contribution is 2.52. The number of carbonyl (C=O) groups excluding carboxylic acids is 6. The quantitative estimate of drug-likeness (QED) is 0.116. The third kappa shape index (κ3) is 6.34. The van der Waals surface area contributed by atoms with Crippen LogP contribution in [0.1, 0.15) is 57.1 Å². The summed E-state index contributed by atoms with van der Waals surface area (Å²) < 4.78 is 31.8. The summed E-state index contributed by atoms with van der Waals surface area (Å²) in [6, 6.07) is 17.6. The van der Waals surface area contributed by atoms with Crippen molar-refractivity contribution in [2.24, 2.45) is 10.8 Å². The van der Waals surface area contributed by atoms with Crippen molar-refractivity contribution in [3.05, 3.63) is 94.3 Å². The summed E-state index contributed by atoms with van der Waals surface area (Å²) in [5.74, 6) is -5.17. The van der Waals surface area contributed by atoms with E-state index in [0.29, 0.717) is 44.5 Å². The van der Waals surface area contributed by atoms with Crippen LogP contribution in [0.15, 0.2) is 60.7 Å². The molecule has 0 unspecified atom stereocenters. The zero-order valence-electron chi connectivity index (χ0n) is 31.8. The molecule has 0 bridgehead atoms. The van der Waals surface area contributed by atoms with Crippen LogP contribution in [0.3, 0.4) is 0 Å². The van der Waals surface area contributed by atoms with Crippen LogP contribution < -0.4 is 0 Å². The van der Waals surface area contributed by atoms with Gasteiger partial charge < -0.3 is 28.4 Å². The van der Waals surface area contributed by atoms with E-state index in [4.69, 9.17) is 38.4 Å². The van der Waals surface area contributed by atoms with Crippen LogP contribution in [-0.4, -0.2) is 87.4 Å². The summed E-state index contributed by atoms with van der Waals surface area (Å²) in [4.78, 5) is 92.6. The summed E-state index contributed by atoms with van der Waals surface area (Å²) in [6.45, 7) is 3.25. The highest BCUT2D eigenvalue weighted by Gasteiger charge is 2.57. The molecule has 0 aliphatic heterocycles. The van der Waals surface area contributed by atoms with Gasteiger partial charge in [-0.25, -0.2) is 19.6 Å². The van der Waals surface area contributed by atoms with Gasteiger partial charge in [0.05, 0.1) is 53.0 Å². The summed E-state index contributed by atoms with van der Waals surface area (Å²) in [7, 11) is 4.61. The monoisotopic (exact) mass is 764 g/mol. The molecule has 0 saturated heterocycles. The standard InChI is InChI=1S/C42H40N2O12/c1-7-55-35(45)33-29(23-15-11-9-12-16-23)25-19-41(37(47)51-3,38(48)52-4)21-27(25)31(43-33)32-28-22-42(39(49)53-5,40(50)54-6)20-26(28)30(24-17-13-10-14-18-24)34(44-32)36(46)56-8-2/h9-18H,7-8,19-22H2,1-6H3. The molecule has 14 nitrogen and oxygen atoms in total. The molecule has 2 aliphatic carbocycles. The Bertz CT molecular complexity index is 2060. The summed E-state index contributed by atoms with van der Waals surface area (Å²) in [6.07, 6.45) is -1.15. The van der Waals surface area contributed by atoms with Crippen LogP contribution in [0.5, 0.6) is 0 Å². The van der Waals surface area contributed by atoms with Gasteiger partial charge in [-0.1, -0.05) is 60.7 Å². The second kappa shape index (κ2) is 15.7. The van der Waals surface area contributed by atoms with Crippen LogP contribution >= 0.6 is 0 Å². The molecule has 0 radical (unpaired) electrons. The average Bonchev–Trinajstić information content (AvgIpc) is 3.84. The normalized spacial score (nSPS) is 14.5. The van der Waals surface area contributed by atoms with E-state index < -0.39 is 46.6 Å². The Hall–Kier alpha value is -6.44. The first-order valence-electron chi connectivity index (χ1n) is 17.9. The number of hydrogen-bond donors (Lipinski definition) is 0. The summed E-state index contributed by atoms with van der Waals surface area (Å²) in [5.41, 5.74) is -1.07. The number of aromatic nitrogens is 2. The van der Waals surface area contributed by atoms with Gasteiger partial charge in [0, 0.05) is 36.8 Å². The lowest BCUT2D eigenvalue weighted by Crippen LogP contribution is -2.42. The van der Waals surface area contributed by atoms with Crippen molar-refractivity contribution in [2.75, 3.05) is 41.7 Å². The minimum absolute atomic E-state index is 0.00403. The highest BCUT2D eigenvalue weighted by molar-refractivity contribution is 6.06. The van der Waals surface area contributed by atoms with E-state index in [-0.39, 0.29) is 61.7 Å². The molecule has 0 atom stereocenters. The third-order valence-electron chi connectivity index (χ3n) is 10.3. The van der Waals surface area contributed by atoms with Crippen molar-refractivity contribution in [3.8, 4) is 33.6 Å². The van der Waals surface area contributed by atoms with Crippen molar-refractivity contribution in [3.63, 3.8) is 0 Å². The van der Waals surface area contributed by atoms with Gasteiger partial charge in [-0.15, -0.1) is 0 Å². The Morgan fingerprint density at radius 1 is 0.500 bits per heavy atom. The lowest BCUT2D eigenvalue weighted by molar-refractivity contribution is -0.170. The first kappa shape index (κ1) is 39.3. The Morgan fingerprint density at radius 3 is 1.09 bits per heavy atom. The number of benzene rings is 2. The van der Waals surface area contributed by atoms with Crippen molar-refractivity contribution in [1.29, 1.82) is 0 Å². The fraction of sp³-hybridized carbons (Fsp3) is 0.333. The van der Waals surface area contributed by atoms with E-state index in [1.165, 1.54) is 0 Å². The van der Waals surface area contributed by atoms with Crippen molar-refractivity contribution < 1.29 is 57.2 Å². The molecule has 0 N–H and O–H groups in total.